The van der Waals surface area contributed by atoms with Crippen LogP contribution >= 0.6 is 0 Å². The number of halogens is 1. The van der Waals surface area contributed by atoms with Crippen molar-refractivity contribution in [2.45, 2.75) is 25.5 Å². The highest BCUT2D eigenvalue weighted by molar-refractivity contribution is 5.15. The molecule has 0 radical (unpaired) electrons. The van der Waals surface area contributed by atoms with Crippen LogP contribution in [0.4, 0.5) is 4.39 Å². The average molecular weight is 209 g/mol. The fourth-order valence-corrected chi connectivity index (χ4v) is 1.83. The Bertz CT molecular complexity index is 310. The van der Waals surface area contributed by atoms with Crippen molar-refractivity contribution in [1.82, 2.24) is 5.32 Å². The molecule has 0 aromatic heterocycles. The Morgan fingerprint density at radius 1 is 1.47 bits per heavy atom. The second-order valence-electron chi connectivity index (χ2n) is 3.90. The van der Waals surface area contributed by atoms with Crippen molar-refractivity contribution in [2.75, 3.05) is 13.2 Å². The Hall–Kier alpha value is -0.930. The van der Waals surface area contributed by atoms with Gasteiger partial charge in [0.05, 0.1) is 6.10 Å². The lowest BCUT2D eigenvalue weighted by Crippen LogP contribution is -2.25. The minimum atomic E-state index is -0.175. The van der Waals surface area contributed by atoms with Gasteiger partial charge in [-0.05, 0) is 30.5 Å². The Balaban J connectivity index is 1.73. The van der Waals surface area contributed by atoms with Gasteiger partial charge in [0.15, 0.2) is 0 Å². The number of ether oxygens (including phenoxy) is 1. The van der Waals surface area contributed by atoms with Crippen LogP contribution in [0.5, 0.6) is 0 Å². The third-order valence-corrected chi connectivity index (χ3v) is 2.61. The van der Waals surface area contributed by atoms with Crippen LogP contribution in [0.25, 0.3) is 0 Å². The van der Waals surface area contributed by atoms with Crippen LogP contribution in [-0.2, 0) is 11.3 Å². The van der Waals surface area contributed by atoms with E-state index in [1.165, 1.54) is 6.07 Å². The molecule has 2 rings (SSSR count). The molecule has 1 fully saturated rings. The van der Waals surface area contributed by atoms with E-state index in [1.54, 1.807) is 12.1 Å². The molecule has 0 unspecified atom stereocenters. The summed E-state index contributed by atoms with van der Waals surface area (Å²) >= 11 is 0. The van der Waals surface area contributed by atoms with Crippen molar-refractivity contribution in [1.29, 1.82) is 0 Å². The van der Waals surface area contributed by atoms with Crippen molar-refractivity contribution in [2.24, 2.45) is 0 Å². The zero-order valence-corrected chi connectivity index (χ0v) is 8.71. The van der Waals surface area contributed by atoms with E-state index in [0.29, 0.717) is 12.6 Å². The maximum atomic E-state index is 12.8. The molecule has 1 heterocycles. The summed E-state index contributed by atoms with van der Waals surface area (Å²) in [6, 6.07) is 6.68. The highest BCUT2D eigenvalue weighted by Gasteiger charge is 2.14. The molecule has 3 heteroatoms. The summed E-state index contributed by atoms with van der Waals surface area (Å²) < 4.78 is 18.3. The highest BCUT2D eigenvalue weighted by Crippen LogP contribution is 2.11. The van der Waals surface area contributed by atoms with Crippen molar-refractivity contribution >= 4 is 0 Å². The van der Waals surface area contributed by atoms with Crippen LogP contribution in [0.1, 0.15) is 18.4 Å². The minimum absolute atomic E-state index is 0.175. The molecular weight excluding hydrogens is 193 g/mol. The molecule has 1 N–H and O–H groups in total. The molecule has 1 aliphatic heterocycles. The summed E-state index contributed by atoms with van der Waals surface area (Å²) in [7, 11) is 0. The molecule has 1 aliphatic rings. The van der Waals surface area contributed by atoms with Gasteiger partial charge in [0.2, 0.25) is 0 Å². The molecule has 0 aliphatic carbocycles. The van der Waals surface area contributed by atoms with Gasteiger partial charge in [-0.15, -0.1) is 0 Å². The fourth-order valence-electron chi connectivity index (χ4n) is 1.83. The summed E-state index contributed by atoms with van der Waals surface area (Å²) in [6.07, 6.45) is 2.64. The largest absolute Gasteiger partial charge is 0.377 e. The molecule has 1 atom stereocenters. The second-order valence-corrected chi connectivity index (χ2v) is 3.90. The van der Waals surface area contributed by atoms with Crippen molar-refractivity contribution in [3.05, 3.63) is 35.6 Å². The second kappa shape index (κ2) is 5.24. The third kappa shape index (κ3) is 3.29. The molecule has 0 spiro atoms. The van der Waals surface area contributed by atoms with Crippen LogP contribution in [-0.4, -0.2) is 19.3 Å². The highest BCUT2D eigenvalue weighted by atomic mass is 19.1. The summed E-state index contributed by atoms with van der Waals surface area (Å²) in [5.41, 5.74) is 0.980. The van der Waals surface area contributed by atoms with Crippen LogP contribution in [0.2, 0.25) is 0 Å². The molecule has 0 bridgehead atoms. The van der Waals surface area contributed by atoms with Crippen LogP contribution in [0.15, 0.2) is 24.3 Å². The lowest BCUT2D eigenvalue weighted by atomic mass is 10.2. The SMILES string of the molecule is Fc1cccc(CNC[C@@H]2CCCO2)c1. The standard InChI is InChI=1S/C12H16FNO/c13-11-4-1-3-10(7-11)8-14-9-12-5-2-6-15-12/h1,3-4,7,12,14H,2,5-6,8-9H2/t12-/m0/s1. The van der Waals surface area contributed by atoms with Crippen molar-refractivity contribution in [3.63, 3.8) is 0 Å². The summed E-state index contributed by atoms with van der Waals surface area (Å²) in [5, 5.41) is 3.28. The van der Waals surface area contributed by atoms with Gasteiger partial charge < -0.3 is 10.1 Å². The van der Waals surface area contributed by atoms with Gasteiger partial charge in [0, 0.05) is 19.7 Å². The smallest absolute Gasteiger partial charge is 0.123 e. The summed E-state index contributed by atoms with van der Waals surface area (Å²) in [6.45, 7) is 2.44. The first-order valence-corrected chi connectivity index (χ1v) is 5.41. The molecular formula is C12H16FNO. The van der Waals surface area contributed by atoms with Gasteiger partial charge in [-0.25, -0.2) is 4.39 Å². The number of rotatable bonds is 4. The molecule has 2 nitrogen and oxygen atoms in total. The van der Waals surface area contributed by atoms with Crippen molar-refractivity contribution < 1.29 is 9.13 Å². The summed E-state index contributed by atoms with van der Waals surface area (Å²) in [5.74, 6) is -0.175. The van der Waals surface area contributed by atoms with Gasteiger partial charge in [0.1, 0.15) is 5.82 Å². The van der Waals surface area contributed by atoms with Gasteiger partial charge in [-0.1, -0.05) is 12.1 Å². The topological polar surface area (TPSA) is 21.3 Å². The first kappa shape index (κ1) is 10.6. The minimum Gasteiger partial charge on any atom is -0.377 e. The predicted molar refractivity (Wildman–Crippen MR) is 57.1 cm³/mol. The first-order valence-electron chi connectivity index (χ1n) is 5.41. The molecule has 0 saturated carbocycles. The molecule has 1 aromatic carbocycles. The molecule has 82 valence electrons. The lowest BCUT2D eigenvalue weighted by molar-refractivity contribution is 0.110. The van der Waals surface area contributed by atoms with Gasteiger partial charge >= 0.3 is 0 Å². The third-order valence-electron chi connectivity index (χ3n) is 2.61. The monoisotopic (exact) mass is 209 g/mol. The van der Waals surface area contributed by atoms with E-state index in [-0.39, 0.29) is 5.82 Å². The number of hydrogen-bond acceptors (Lipinski definition) is 2. The van der Waals surface area contributed by atoms with E-state index in [4.69, 9.17) is 4.74 Å². The maximum absolute atomic E-state index is 12.8. The van der Waals surface area contributed by atoms with E-state index in [1.807, 2.05) is 6.07 Å². The maximum Gasteiger partial charge on any atom is 0.123 e. The Labute approximate surface area is 89.4 Å². The van der Waals surface area contributed by atoms with E-state index >= 15 is 0 Å². The van der Waals surface area contributed by atoms with E-state index in [2.05, 4.69) is 5.32 Å². The average Bonchev–Trinajstić information content (AvgIpc) is 2.71. The van der Waals surface area contributed by atoms with Gasteiger partial charge in [-0.2, -0.15) is 0 Å². The number of hydrogen-bond donors (Lipinski definition) is 1. The molecule has 1 aromatic rings. The van der Waals surface area contributed by atoms with Gasteiger partial charge in [-0.3, -0.25) is 0 Å². The van der Waals surface area contributed by atoms with E-state index < -0.39 is 0 Å². The molecule has 1 saturated heterocycles. The van der Waals surface area contributed by atoms with Crippen LogP contribution < -0.4 is 5.32 Å². The Morgan fingerprint density at radius 2 is 2.40 bits per heavy atom. The quantitative estimate of drug-likeness (QED) is 0.820. The van der Waals surface area contributed by atoms with Crippen molar-refractivity contribution in [3.8, 4) is 0 Å². The number of nitrogens with one attached hydrogen (secondary N) is 1. The van der Waals surface area contributed by atoms with Gasteiger partial charge in [0.25, 0.3) is 0 Å². The summed E-state index contributed by atoms with van der Waals surface area (Å²) in [4.78, 5) is 0. The van der Waals surface area contributed by atoms with E-state index in [9.17, 15) is 4.39 Å². The predicted octanol–water partition coefficient (Wildman–Crippen LogP) is 2.09. The number of benzene rings is 1. The fraction of sp³-hybridized carbons (Fsp3) is 0.500. The van der Waals surface area contributed by atoms with E-state index in [0.717, 1.165) is 31.6 Å². The first-order chi connectivity index (χ1) is 7.34. The van der Waals surface area contributed by atoms with Crippen LogP contribution in [0, 0.1) is 5.82 Å². The normalized spacial score (nSPS) is 20.7. The zero-order chi connectivity index (χ0) is 10.5. The molecule has 15 heavy (non-hydrogen) atoms. The zero-order valence-electron chi connectivity index (χ0n) is 8.71. The lowest BCUT2D eigenvalue weighted by Gasteiger charge is -2.10. The Kier molecular flexibility index (Phi) is 3.69. The molecule has 0 amide bonds. The van der Waals surface area contributed by atoms with Crippen LogP contribution in [0.3, 0.4) is 0 Å². The Morgan fingerprint density at radius 3 is 3.13 bits per heavy atom.